The van der Waals surface area contributed by atoms with Gasteiger partial charge in [-0.15, -0.1) is 0 Å². The van der Waals surface area contributed by atoms with E-state index in [0.717, 1.165) is 19.4 Å². The highest BCUT2D eigenvalue weighted by atomic mass is 16.3. The van der Waals surface area contributed by atoms with E-state index in [-0.39, 0.29) is 0 Å². The third-order valence-electron chi connectivity index (χ3n) is 3.32. The topological polar surface area (TPSA) is 32.3 Å². The van der Waals surface area contributed by atoms with Crippen LogP contribution in [0.2, 0.25) is 0 Å². The summed E-state index contributed by atoms with van der Waals surface area (Å²) in [6.45, 7) is 5.13. The third kappa shape index (κ3) is 3.10. The summed E-state index contributed by atoms with van der Waals surface area (Å²) in [5.41, 5.74) is 3.99. The maximum atomic E-state index is 9.58. The predicted octanol–water partition coefficient (Wildman–Crippen LogP) is 3.33. The molecule has 1 atom stereocenters. The molecule has 1 aromatic carbocycles. The lowest BCUT2D eigenvalue weighted by atomic mass is 9.87. The van der Waals surface area contributed by atoms with Gasteiger partial charge in [0.05, 0.1) is 0 Å². The summed E-state index contributed by atoms with van der Waals surface area (Å²) < 4.78 is 0. The number of aryl methyl sites for hydroxylation is 1. The number of rotatable bonds is 3. The Hall–Kier alpha value is -1.28. The number of allylic oxidation sites excluding steroid dienone is 1. The largest absolute Gasteiger partial charge is 0.508 e. The first-order valence-electron chi connectivity index (χ1n) is 6.35. The van der Waals surface area contributed by atoms with E-state index >= 15 is 0 Å². The van der Waals surface area contributed by atoms with E-state index in [2.05, 4.69) is 31.3 Å². The van der Waals surface area contributed by atoms with Crippen LogP contribution in [0.15, 0.2) is 29.8 Å². The van der Waals surface area contributed by atoms with E-state index in [9.17, 15) is 5.11 Å². The van der Waals surface area contributed by atoms with Crippen LogP contribution in [0, 0.1) is 0 Å². The lowest BCUT2D eigenvalue weighted by molar-refractivity contribution is 0.456. The van der Waals surface area contributed by atoms with Crippen molar-refractivity contribution >= 4 is 0 Å². The molecule has 0 aromatic heterocycles. The lowest BCUT2D eigenvalue weighted by Gasteiger charge is -2.26. The van der Waals surface area contributed by atoms with Gasteiger partial charge in [0.15, 0.2) is 0 Å². The fraction of sp³-hybridized carbons (Fsp3) is 0.467. The molecule has 0 saturated heterocycles. The average molecular weight is 231 g/mol. The maximum absolute atomic E-state index is 9.58. The van der Waals surface area contributed by atoms with Crippen molar-refractivity contribution in [2.75, 3.05) is 6.54 Å². The SMILES string of the molecule is CC(C)=CCNC1CCCc2ccc(O)cc21. The van der Waals surface area contributed by atoms with Crippen LogP contribution in [0.25, 0.3) is 0 Å². The molecule has 0 aliphatic heterocycles. The van der Waals surface area contributed by atoms with Crippen molar-refractivity contribution in [1.82, 2.24) is 5.32 Å². The van der Waals surface area contributed by atoms with Crippen molar-refractivity contribution in [3.63, 3.8) is 0 Å². The quantitative estimate of drug-likeness (QED) is 0.782. The fourth-order valence-corrected chi connectivity index (χ4v) is 2.40. The Balaban J connectivity index is 2.11. The summed E-state index contributed by atoms with van der Waals surface area (Å²) in [4.78, 5) is 0. The molecule has 0 bridgehead atoms. The number of hydrogen-bond acceptors (Lipinski definition) is 2. The maximum Gasteiger partial charge on any atom is 0.115 e. The minimum absolute atomic E-state index is 0.375. The van der Waals surface area contributed by atoms with Crippen molar-refractivity contribution in [3.8, 4) is 5.75 Å². The number of fused-ring (bicyclic) bond motifs is 1. The number of benzene rings is 1. The van der Waals surface area contributed by atoms with Crippen LogP contribution in [0.4, 0.5) is 0 Å². The minimum atomic E-state index is 0.375. The van der Waals surface area contributed by atoms with Gasteiger partial charge in [0, 0.05) is 12.6 Å². The van der Waals surface area contributed by atoms with E-state index in [1.54, 1.807) is 6.07 Å². The Morgan fingerprint density at radius 3 is 3.06 bits per heavy atom. The summed E-state index contributed by atoms with van der Waals surface area (Å²) in [5, 5.41) is 13.1. The van der Waals surface area contributed by atoms with Crippen molar-refractivity contribution in [3.05, 3.63) is 41.0 Å². The van der Waals surface area contributed by atoms with Crippen LogP contribution in [0.3, 0.4) is 0 Å². The van der Waals surface area contributed by atoms with Gasteiger partial charge in [-0.3, -0.25) is 0 Å². The molecule has 1 aliphatic rings. The van der Waals surface area contributed by atoms with Gasteiger partial charge in [-0.25, -0.2) is 0 Å². The highest BCUT2D eigenvalue weighted by Crippen LogP contribution is 2.31. The van der Waals surface area contributed by atoms with Crippen LogP contribution >= 0.6 is 0 Å². The Morgan fingerprint density at radius 2 is 2.29 bits per heavy atom. The molecular weight excluding hydrogens is 210 g/mol. The second kappa shape index (κ2) is 5.37. The molecular formula is C15H21NO. The van der Waals surface area contributed by atoms with Crippen molar-refractivity contribution in [2.45, 2.75) is 39.2 Å². The molecule has 17 heavy (non-hydrogen) atoms. The zero-order chi connectivity index (χ0) is 12.3. The number of hydrogen-bond donors (Lipinski definition) is 2. The number of phenols is 1. The Morgan fingerprint density at radius 1 is 1.47 bits per heavy atom. The van der Waals surface area contributed by atoms with E-state index < -0.39 is 0 Å². The molecule has 0 saturated carbocycles. The lowest BCUT2D eigenvalue weighted by Crippen LogP contribution is -2.25. The van der Waals surface area contributed by atoms with E-state index in [0.29, 0.717) is 11.8 Å². The molecule has 2 nitrogen and oxygen atoms in total. The summed E-state index contributed by atoms with van der Waals surface area (Å²) in [6, 6.07) is 6.15. The number of aromatic hydroxyl groups is 1. The summed E-state index contributed by atoms with van der Waals surface area (Å²) in [6.07, 6.45) is 5.73. The Labute approximate surface area is 103 Å². The summed E-state index contributed by atoms with van der Waals surface area (Å²) in [7, 11) is 0. The second-order valence-corrected chi connectivity index (χ2v) is 5.02. The van der Waals surface area contributed by atoms with Crippen molar-refractivity contribution < 1.29 is 5.11 Å². The highest BCUT2D eigenvalue weighted by molar-refractivity contribution is 5.38. The van der Waals surface area contributed by atoms with E-state index in [1.807, 2.05) is 6.07 Å². The number of nitrogens with one attached hydrogen (secondary N) is 1. The zero-order valence-electron chi connectivity index (χ0n) is 10.7. The van der Waals surface area contributed by atoms with Gasteiger partial charge in [0.1, 0.15) is 5.75 Å². The van der Waals surface area contributed by atoms with Crippen LogP contribution < -0.4 is 5.32 Å². The first-order valence-corrected chi connectivity index (χ1v) is 6.35. The molecule has 1 aromatic rings. The Bertz CT molecular complexity index is 419. The standard InChI is InChI=1S/C15H21NO/c1-11(2)8-9-16-15-5-3-4-12-6-7-13(17)10-14(12)15/h6-8,10,15-17H,3-5,9H2,1-2H3. The van der Waals surface area contributed by atoms with Gasteiger partial charge in [0.25, 0.3) is 0 Å². The smallest absolute Gasteiger partial charge is 0.115 e. The van der Waals surface area contributed by atoms with Gasteiger partial charge >= 0.3 is 0 Å². The molecule has 2 rings (SSSR count). The van der Waals surface area contributed by atoms with Gasteiger partial charge in [0.2, 0.25) is 0 Å². The van der Waals surface area contributed by atoms with Crippen LogP contribution in [-0.2, 0) is 6.42 Å². The fourth-order valence-electron chi connectivity index (χ4n) is 2.40. The molecule has 0 radical (unpaired) electrons. The monoisotopic (exact) mass is 231 g/mol. The first kappa shape index (κ1) is 12.2. The molecule has 0 heterocycles. The molecule has 92 valence electrons. The molecule has 0 amide bonds. The van der Waals surface area contributed by atoms with E-state index in [1.165, 1.54) is 23.1 Å². The first-order chi connectivity index (χ1) is 8.16. The minimum Gasteiger partial charge on any atom is -0.508 e. The molecule has 0 fully saturated rings. The van der Waals surface area contributed by atoms with Gasteiger partial charge in [-0.1, -0.05) is 17.7 Å². The predicted molar refractivity (Wildman–Crippen MR) is 71.2 cm³/mol. The Kier molecular flexibility index (Phi) is 3.85. The highest BCUT2D eigenvalue weighted by Gasteiger charge is 2.19. The molecule has 2 N–H and O–H groups in total. The normalized spacial score (nSPS) is 18.6. The van der Waals surface area contributed by atoms with Crippen LogP contribution in [-0.4, -0.2) is 11.7 Å². The second-order valence-electron chi connectivity index (χ2n) is 5.02. The van der Waals surface area contributed by atoms with Crippen molar-refractivity contribution in [1.29, 1.82) is 0 Å². The van der Waals surface area contributed by atoms with Crippen LogP contribution in [0.5, 0.6) is 5.75 Å². The zero-order valence-corrected chi connectivity index (χ0v) is 10.7. The molecule has 1 aliphatic carbocycles. The average Bonchev–Trinajstić information content (AvgIpc) is 2.29. The molecule has 1 unspecified atom stereocenters. The van der Waals surface area contributed by atoms with E-state index in [4.69, 9.17) is 0 Å². The van der Waals surface area contributed by atoms with Gasteiger partial charge in [-0.05, 0) is 56.4 Å². The summed E-state index contributed by atoms with van der Waals surface area (Å²) >= 11 is 0. The third-order valence-corrected chi connectivity index (χ3v) is 3.32. The number of phenolic OH excluding ortho intramolecular Hbond substituents is 1. The van der Waals surface area contributed by atoms with Gasteiger partial charge in [-0.2, -0.15) is 0 Å². The molecule has 2 heteroatoms. The van der Waals surface area contributed by atoms with Crippen molar-refractivity contribution in [2.24, 2.45) is 0 Å². The summed E-state index contributed by atoms with van der Waals surface area (Å²) in [5.74, 6) is 0.375. The van der Waals surface area contributed by atoms with Crippen LogP contribution in [0.1, 0.15) is 43.9 Å². The van der Waals surface area contributed by atoms with Gasteiger partial charge < -0.3 is 10.4 Å². The molecule has 0 spiro atoms.